The number of nitro groups is 1. The Bertz CT molecular complexity index is 496. The highest BCUT2D eigenvalue weighted by Gasteiger charge is 2.21. The predicted molar refractivity (Wildman–Crippen MR) is 86.1 cm³/mol. The second-order valence-electron chi connectivity index (χ2n) is 5.94. The Labute approximate surface area is 125 Å². The molecular formula is C15H24N4O2. The highest BCUT2D eigenvalue weighted by atomic mass is 16.6. The Morgan fingerprint density at radius 2 is 2.00 bits per heavy atom. The van der Waals surface area contributed by atoms with Crippen LogP contribution < -0.4 is 10.2 Å². The summed E-state index contributed by atoms with van der Waals surface area (Å²) in [5, 5.41) is 14.0. The molecule has 6 nitrogen and oxygen atoms in total. The zero-order valence-electron chi connectivity index (χ0n) is 13.0. The van der Waals surface area contributed by atoms with Gasteiger partial charge in [0.1, 0.15) is 0 Å². The summed E-state index contributed by atoms with van der Waals surface area (Å²) in [6.45, 7) is 3.04. The first-order chi connectivity index (χ1) is 9.99. The summed E-state index contributed by atoms with van der Waals surface area (Å²) >= 11 is 0. The lowest BCUT2D eigenvalue weighted by atomic mass is 9.96. The topological polar surface area (TPSA) is 61.6 Å². The van der Waals surface area contributed by atoms with Gasteiger partial charge in [-0.3, -0.25) is 10.1 Å². The summed E-state index contributed by atoms with van der Waals surface area (Å²) in [6.07, 6.45) is 2.27. The van der Waals surface area contributed by atoms with Gasteiger partial charge in [-0.2, -0.15) is 0 Å². The van der Waals surface area contributed by atoms with Crippen molar-refractivity contribution in [1.29, 1.82) is 0 Å². The van der Waals surface area contributed by atoms with Crippen molar-refractivity contribution in [2.75, 3.05) is 51.0 Å². The van der Waals surface area contributed by atoms with E-state index in [0.29, 0.717) is 0 Å². The number of rotatable bonds is 5. The molecule has 1 aromatic rings. The van der Waals surface area contributed by atoms with Crippen LogP contribution in [0.25, 0.3) is 0 Å². The van der Waals surface area contributed by atoms with Gasteiger partial charge >= 0.3 is 0 Å². The molecule has 0 bridgehead atoms. The van der Waals surface area contributed by atoms with Crippen LogP contribution in [0.3, 0.4) is 0 Å². The molecule has 1 aliphatic rings. The molecule has 0 spiro atoms. The fraction of sp³-hybridized carbons (Fsp3) is 0.600. The third-order valence-corrected chi connectivity index (χ3v) is 4.01. The van der Waals surface area contributed by atoms with Crippen molar-refractivity contribution in [2.24, 2.45) is 5.92 Å². The van der Waals surface area contributed by atoms with E-state index in [0.717, 1.165) is 49.8 Å². The fourth-order valence-corrected chi connectivity index (χ4v) is 2.92. The van der Waals surface area contributed by atoms with E-state index >= 15 is 0 Å². The Morgan fingerprint density at radius 1 is 1.33 bits per heavy atom. The van der Waals surface area contributed by atoms with E-state index in [-0.39, 0.29) is 10.6 Å². The predicted octanol–water partition coefficient (Wildman–Crippen LogP) is 2.41. The molecule has 2 rings (SSSR count). The Hall–Kier alpha value is -1.82. The first-order valence-corrected chi connectivity index (χ1v) is 7.36. The zero-order chi connectivity index (χ0) is 15.4. The van der Waals surface area contributed by atoms with E-state index in [1.807, 2.05) is 6.07 Å². The smallest absolute Gasteiger partial charge is 0.273 e. The molecule has 0 saturated carbocycles. The van der Waals surface area contributed by atoms with Crippen molar-refractivity contribution in [2.45, 2.75) is 12.8 Å². The van der Waals surface area contributed by atoms with Crippen LogP contribution in [0, 0.1) is 16.0 Å². The Balaban J connectivity index is 2.09. The summed E-state index contributed by atoms with van der Waals surface area (Å²) < 4.78 is 0. The first kappa shape index (κ1) is 15.6. The van der Waals surface area contributed by atoms with Crippen LogP contribution in [0.1, 0.15) is 12.8 Å². The molecule has 1 saturated heterocycles. The van der Waals surface area contributed by atoms with Crippen LogP contribution in [-0.4, -0.2) is 50.6 Å². The fourth-order valence-electron chi connectivity index (χ4n) is 2.92. The summed E-state index contributed by atoms with van der Waals surface area (Å²) in [7, 11) is 5.99. The third-order valence-electron chi connectivity index (χ3n) is 4.01. The number of anilines is 2. The average Bonchev–Trinajstić information content (AvgIpc) is 2.46. The van der Waals surface area contributed by atoms with E-state index in [1.54, 1.807) is 19.2 Å². The minimum absolute atomic E-state index is 0.146. The van der Waals surface area contributed by atoms with Crippen molar-refractivity contribution in [3.8, 4) is 0 Å². The second-order valence-corrected chi connectivity index (χ2v) is 5.94. The van der Waals surface area contributed by atoms with Crippen LogP contribution in [0.5, 0.6) is 0 Å². The molecule has 21 heavy (non-hydrogen) atoms. The van der Waals surface area contributed by atoms with E-state index in [9.17, 15) is 10.1 Å². The molecule has 1 N–H and O–H groups in total. The van der Waals surface area contributed by atoms with Gasteiger partial charge in [-0.05, 0) is 38.9 Å². The van der Waals surface area contributed by atoms with Gasteiger partial charge in [-0.25, -0.2) is 0 Å². The maximum Gasteiger partial charge on any atom is 0.273 e. The number of hydrogen-bond donors (Lipinski definition) is 1. The summed E-state index contributed by atoms with van der Waals surface area (Å²) in [4.78, 5) is 15.2. The van der Waals surface area contributed by atoms with Crippen LogP contribution in [-0.2, 0) is 0 Å². The van der Waals surface area contributed by atoms with E-state index < -0.39 is 0 Å². The van der Waals surface area contributed by atoms with E-state index in [4.69, 9.17) is 0 Å². The van der Waals surface area contributed by atoms with Crippen LogP contribution >= 0.6 is 0 Å². The Morgan fingerprint density at radius 3 is 2.52 bits per heavy atom. The molecule has 0 unspecified atom stereocenters. The van der Waals surface area contributed by atoms with Crippen molar-refractivity contribution in [3.05, 3.63) is 28.3 Å². The lowest BCUT2D eigenvalue weighted by Gasteiger charge is -2.34. The van der Waals surface area contributed by atoms with Crippen molar-refractivity contribution in [1.82, 2.24) is 4.90 Å². The number of non-ortho nitro benzene ring substituents is 1. The van der Waals surface area contributed by atoms with Gasteiger partial charge in [0.05, 0.1) is 4.92 Å². The van der Waals surface area contributed by atoms with Gasteiger partial charge < -0.3 is 15.1 Å². The van der Waals surface area contributed by atoms with Gasteiger partial charge in [0.2, 0.25) is 0 Å². The quantitative estimate of drug-likeness (QED) is 0.667. The summed E-state index contributed by atoms with van der Waals surface area (Å²) in [6, 6.07) is 5.23. The number of benzene rings is 1. The summed E-state index contributed by atoms with van der Waals surface area (Å²) in [5.74, 6) is 0.721. The SMILES string of the molecule is CNc1cc(N2CCC(CN(C)C)CC2)cc([N+](=O)[O-])c1. The molecule has 1 aromatic carbocycles. The Kier molecular flexibility index (Phi) is 5.01. The second kappa shape index (κ2) is 6.76. The van der Waals surface area contributed by atoms with E-state index in [2.05, 4.69) is 29.2 Å². The molecule has 0 atom stereocenters. The lowest BCUT2D eigenvalue weighted by molar-refractivity contribution is -0.384. The number of nitro benzene ring substituents is 1. The monoisotopic (exact) mass is 292 g/mol. The minimum Gasteiger partial charge on any atom is -0.388 e. The van der Waals surface area contributed by atoms with E-state index in [1.165, 1.54) is 0 Å². The number of nitrogens with zero attached hydrogens (tertiary/aromatic N) is 3. The number of hydrogen-bond acceptors (Lipinski definition) is 5. The molecule has 116 valence electrons. The largest absolute Gasteiger partial charge is 0.388 e. The van der Waals surface area contributed by atoms with Crippen molar-refractivity contribution < 1.29 is 4.92 Å². The maximum absolute atomic E-state index is 11.0. The average molecular weight is 292 g/mol. The standard InChI is InChI=1S/C15H24N4O2/c1-16-13-8-14(10-15(9-13)19(20)21)18-6-4-12(5-7-18)11-17(2)3/h8-10,12,16H,4-7,11H2,1-3H3. The molecular weight excluding hydrogens is 268 g/mol. The lowest BCUT2D eigenvalue weighted by Crippen LogP contribution is -2.37. The summed E-state index contributed by atoms with van der Waals surface area (Å²) in [5.41, 5.74) is 1.87. The van der Waals surface area contributed by atoms with Crippen LogP contribution in [0.2, 0.25) is 0 Å². The number of piperidine rings is 1. The normalized spacial score (nSPS) is 16.3. The molecule has 1 fully saturated rings. The van der Waals surface area contributed by atoms with Gasteiger partial charge in [-0.1, -0.05) is 0 Å². The van der Waals surface area contributed by atoms with Gasteiger partial charge in [-0.15, -0.1) is 0 Å². The minimum atomic E-state index is -0.330. The van der Waals surface area contributed by atoms with Crippen molar-refractivity contribution >= 4 is 17.1 Å². The van der Waals surface area contributed by atoms with Crippen LogP contribution in [0.4, 0.5) is 17.1 Å². The van der Waals surface area contributed by atoms with Gasteiger partial charge in [0.25, 0.3) is 5.69 Å². The third kappa shape index (κ3) is 4.07. The van der Waals surface area contributed by atoms with Gasteiger partial charge in [0.15, 0.2) is 0 Å². The number of nitrogens with one attached hydrogen (secondary N) is 1. The van der Waals surface area contributed by atoms with Crippen LogP contribution in [0.15, 0.2) is 18.2 Å². The highest BCUT2D eigenvalue weighted by molar-refractivity contribution is 5.64. The molecule has 1 heterocycles. The zero-order valence-corrected chi connectivity index (χ0v) is 13.0. The molecule has 0 aliphatic carbocycles. The molecule has 0 amide bonds. The first-order valence-electron chi connectivity index (χ1n) is 7.36. The maximum atomic E-state index is 11.0. The molecule has 0 aromatic heterocycles. The molecule has 1 aliphatic heterocycles. The molecule has 0 radical (unpaired) electrons. The highest BCUT2D eigenvalue weighted by Crippen LogP contribution is 2.30. The van der Waals surface area contributed by atoms with Crippen molar-refractivity contribution in [3.63, 3.8) is 0 Å². The van der Waals surface area contributed by atoms with Gasteiger partial charge in [0, 0.05) is 50.2 Å². The molecule has 6 heteroatoms.